The third kappa shape index (κ3) is 21.9. The van der Waals surface area contributed by atoms with Gasteiger partial charge in [-0.2, -0.15) is 0 Å². The van der Waals surface area contributed by atoms with Crippen molar-refractivity contribution in [3.63, 3.8) is 0 Å². The number of epoxide rings is 1. The summed E-state index contributed by atoms with van der Waals surface area (Å²) in [5.74, 6) is 0. The Morgan fingerprint density at radius 2 is 1.71 bits per heavy atom. The molecule has 0 amide bonds. The Bertz CT molecular complexity index is 180. The van der Waals surface area contributed by atoms with Gasteiger partial charge in [0.25, 0.3) is 0 Å². The maximum atomic E-state index is 8.76. The second-order valence-electron chi connectivity index (χ2n) is 2.64. The zero-order chi connectivity index (χ0) is 13.7. The first-order valence-corrected chi connectivity index (χ1v) is 7.04. The molecule has 17 heavy (non-hydrogen) atoms. The van der Waals surface area contributed by atoms with E-state index in [1.54, 1.807) is 12.2 Å². The molecule has 0 bridgehead atoms. The molecule has 1 saturated heterocycles. The van der Waals surface area contributed by atoms with Crippen LogP contribution < -0.4 is 0 Å². The maximum absolute atomic E-state index is 8.76. The topological polar surface area (TPSA) is 91.7 Å². The summed E-state index contributed by atoms with van der Waals surface area (Å²) in [7, 11) is -4.70. The largest absolute Gasteiger partial charge is 0.371 e. The van der Waals surface area contributed by atoms with Crippen molar-refractivity contribution in [3.05, 3.63) is 25.3 Å². The fraction of sp³-hybridized carbons (Fsp3) is 0.556. The standard InChI is InChI=1S/C3H8O6P2.2C3H6/c4-10(5)9-11(6)8-2-3-1-7-3;2*1-3-2/h3-6H,1-2H2;2*3H,1H2,2H3. The van der Waals surface area contributed by atoms with Gasteiger partial charge >= 0.3 is 17.2 Å². The number of hydrogen-bond donors (Lipinski definition) is 3. The van der Waals surface area contributed by atoms with Gasteiger partial charge in [0.15, 0.2) is 0 Å². The molecule has 0 aromatic carbocycles. The van der Waals surface area contributed by atoms with Crippen LogP contribution in [0.4, 0.5) is 0 Å². The third-order valence-corrected chi connectivity index (χ3v) is 2.43. The average molecular weight is 286 g/mol. The molecule has 1 aliphatic rings. The van der Waals surface area contributed by atoms with Crippen LogP contribution in [0.2, 0.25) is 0 Å². The molecular weight excluding hydrogens is 266 g/mol. The second kappa shape index (κ2) is 14.2. The minimum Gasteiger partial charge on any atom is -0.371 e. The van der Waals surface area contributed by atoms with E-state index in [-0.39, 0.29) is 12.7 Å². The molecule has 1 aliphatic heterocycles. The number of ether oxygens (including phenoxy) is 1. The lowest BCUT2D eigenvalue weighted by molar-refractivity contribution is 0.222. The van der Waals surface area contributed by atoms with Gasteiger partial charge in [0.1, 0.15) is 6.10 Å². The summed E-state index contributed by atoms with van der Waals surface area (Å²) >= 11 is 0. The highest BCUT2D eigenvalue weighted by Gasteiger charge is 2.25. The minimum atomic E-state index is -2.54. The molecule has 8 heteroatoms. The third-order valence-electron chi connectivity index (χ3n) is 0.916. The van der Waals surface area contributed by atoms with Crippen LogP contribution in [-0.4, -0.2) is 34.0 Å². The lowest BCUT2D eigenvalue weighted by atomic mass is 10.5. The predicted octanol–water partition coefficient (Wildman–Crippen LogP) is 2.23. The monoisotopic (exact) mass is 286 g/mol. The number of allylic oxidation sites excluding steroid dienone is 2. The SMILES string of the molecule is C=CC.C=CC.OP(O)OP(O)OCC1CO1. The predicted molar refractivity (Wildman–Crippen MR) is 69.0 cm³/mol. The minimum absolute atomic E-state index is 0.0272. The van der Waals surface area contributed by atoms with Gasteiger partial charge in [-0.05, 0) is 13.8 Å². The molecule has 0 radical (unpaired) electrons. The quantitative estimate of drug-likeness (QED) is 0.408. The van der Waals surface area contributed by atoms with E-state index in [1.807, 2.05) is 13.8 Å². The van der Waals surface area contributed by atoms with E-state index in [9.17, 15) is 0 Å². The second-order valence-corrected chi connectivity index (χ2v) is 4.53. The van der Waals surface area contributed by atoms with E-state index in [1.165, 1.54) is 0 Å². The molecule has 0 saturated carbocycles. The van der Waals surface area contributed by atoms with Crippen molar-refractivity contribution in [2.45, 2.75) is 20.0 Å². The van der Waals surface area contributed by atoms with Crippen LogP contribution in [0.25, 0.3) is 0 Å². The maximum Gasteiger partial charge on any atom is 0.337 e. The van der Waals surface area contributed by atoms with Crippen LogP contribution in [0, 0.1) is 0 Å². The molecular formula is C9H20O6P2. The van der Waals surface area contributed by atoms with Crippen molar-refractivity contribution < 1.29 is 28.3 Å². The van der Waals surface area contributed by atoms with Gasteiger partial charge in [-0.3, -0.25) is 0 Å². The van der Waals surface area contributed by atoms with Gasteiger partial charge in [-0.25, -0.2) is 4.31 Å². The van der Waals surface area contributed by atoms with Gasteiger partial charge < -0.3 is 23.9 Å². The molecule has 3 N–H and O–H groups in total. The average Bonchev–Trinajstić information content (AvgIpc) is 2.99. The van der Waals surface area contributed by atoms with Gasteiger partial charge in [0.2, 0.25) is 0 Å². The van der Waals surface area contributed by atoms with E-state index in [2.05, 4.69) is 22.0 Å². The van der Waals surface area contributed by atoms with Crippen LogP contribution >= 0.6 is 17.2 Å². The normalized spacial score (nSPS) is 18.1. The Morgan fingerprint density at radius 3 is 2.00 bits per heavy atom. The van der Waals surface area contributed by atoms with Crippen LogP contribution in [0.3, 0.4) is 0 Å². The smallest absolute Gasteiger partial charge is 0.337 e. The fourth-order valence-corrected chi connectivity index (χ4v) is 1.38. The van der Waals surface area contributed by atoms with Crippen LogP contribution in [0.1, 0.15) is 13.8 Å². The van der Waals surface area contributed by atoms with Gasteiger partial charge in [-0.1, -0.05) is 12.2 Å². The molecule has 1 heterocycles. The molecule has 0 spiro atoms. The highest BCUT2D eigenvalue weighted by Crippen LogP contribution is 2.46. The molecule has 1 fully saturated rings. The molecule has 6 nitrogen and oxygen atoms in total. The number of hydrogen-bond acceptors (Lipinski definition) is 6. The van der Waals surface area contributed by atoms with Crippen LogP contribution in [0.15, 0.2) is 25.3 Å². The first kappa shape index (κ1) is 19.4. The Hall–Kier alpha value is 0.1000. The Kier molecular flexibility index (Phi) is 16.2. The molecule has 1 rings (SSSR count). The molecule has 0 aromatic rings. The molecule has 2 unspecified atom stereocenters. The summed E-state index contributed by atoms with van der Waals surface area (Å²) in [5, 5.41) is 0. The molecule has 0 aliphatic carbocycles. The van der Waals surface area contributed by atoms with E-state index < -0.39 is 17.2 Å². The highest BCUT2D eigenvalue weighted by atomic mass is 31.2. The van der Waals surface area contributed by atoms with Gasteiger partial charge in [0.05, 0.1) is 13.2 Å². The van der Waals surface area contributed by atoms with Crippen LogP contribution in [0.5, 0.6) is 0 Å². The van der Waals surface area contributed by atoms with Crippen LogP contribution in [-0.2, 0) is 13.6 Å². The van der Waals surface area contributed by atoms with Crippen molar-refractivity contribution in [1.29, 1.82) is 0 Å². The summed E-state index contributed by atoms with van der Waals surface area (Å²) in [4.78, 5) is 25.3. The first-order valence-electron chi connectivity index (χ1n) is 4.75. The lowest BCUT2D eigenvalue weighted by Gasteiger charge is -2.08. The molecule has 0 aromatic heterocycles. The van der Waals surface area contributed by atoms with Crippen molar-refractivity contribution in [2.75, 3.05) is 13.2 Å². The van der Waals surface area contributed by atoms with Gasteiger partial charge in [0, 0.05) is 0 Å². The summed E-state index contributed by atoms with van der Waals surface area (Å²) < 4.78 is 13.6. The Labute approximate surface area is 105 Å². The Morgan fingerprint density at radius 1 is 1.29 bits per heavy atom. The zero-order valence-electron chi connectivity index (χ0n) is 10.0. The van der Waals surface area contributed by atoms with Crippen molar-refractivity contribution >= 4 is 17.2 Å². The van der Waals surface area contributed by atoms with E-state index in [4.69, 9.17) is 19.4 Å². The summed E-state index contributed by atoms with van der Waals surface area (Å²) in [6.45, 7) is 11.3. The molecule has 102 valence electrons. The summed E-state index contributed by atoms with van der Waals surface area (Å²) in [5.41, 5.74) is 0. The summed E-state index contributed by atoms with van der Waals surface area (Å²) in [6.07, 6.45) is 3.53. The first-order chi connectivity index (χ1) is 8.01. The number of rotatable bonds is 5. The van der Waals surface area contributed by atoms with E-state index >= 15 is 0 Å². The van der Waals surface area contributed by atoms with Crippen molar-refractivity contribution in [3.8, 4) is 0 Å². The van der Waals surface area contributed by atoms with E-state index in [0.717, 1.165) is 0 Å². The van der Waals surface area contributed by atoms with Gasteiger partial charge in [-0.15, -0.1) is 13.2 Å². The summed E-state index contributed by atoms with van der Waals surface area (Å²) in [6, 6.07) is 0. The van der Waals surface area contributed by atoms with Crippen molar-refractivity contribution in [1.82, 2.24) is 0 Å². The fourth-order valence-electron chi connectivity index (χ4n) is 0.397. The Balaban J connectivity index is 0. The molecule has 2 atom stereocenters. The van der Waals surface area contributed by atoms with E-state index in [0.29, 0.717) is 6.61 Å². The zero-order valence-corrected chi connectivity index (χ0v) is 11.8. The highest BCUT2D eigenvalue weighted by molar-refractivity contribution is 7.54. The lowest BCUT2D eigenvalue weighted by Crippen LogP contribution is -1.97. The van der Waals surface area contributed by atoms with Crippen molar-refractivity contribution in [2.24, 2.45) is 0 Å².